The number of aryl methyl sites for hydroxylation is 2. The van der Waals surface area contributed by atoms with Crippen LogP contribution in [0.25, 0.3) is 6.08 Å². The second-order valence-corrected chi connectivity index (χ2v) is 5.75. The van der Waals surface area contributed by atoms with Gasteiger partial charge in [0.2, 0.25) is 0 Å². The average molecular weight is 325 g/mol. The molecule has 0 radical (unpaired) electrons. The summed E-state index contributed by atoms with van der Waals surface area (Å²) in [5.41, 5.74) is 2.83. The molecule has 1 aliphatic rings. The number of carbonyl (C=O) groups is 1. The highest BCUT2D eigenvalue weighted by Crippen LogP contribution is 2.33. The van der Waals surface area contributed by atoms with E-state index >= 15 is 0 Å². The van der Waals surface area contributed by atoms with Crippen molar-refractivity contribution in [3.8, 4) is 11.5 Å². The number of fused-ring (bicyclic) bond motifs is 1. The van der Waals surface area contributed by atoms with Crippen LogP contribution in [-0.2, 0) is 0 Å². The quantitative estimate of drug-likeness (QED) is 0.518. The summed E-state index contributed by atoms with van der Waals surface area (Å²) in [6, 6.07) is 7.71. The summed E-state index contributed by atoms with van der Waals surface area (Å²) in [5.74, 6) is 0.000788. The third-order valence-electron chi connectivity index (χ3n) is 3.88. The van der Waals surface area contributed by atoms with Gasteiger partial charge in [-0.2, -0.15) is 0 Å². The Morgan fingerprint density at radius 1 is 1.25 bits per heavy atom. The van der Waals surface area contributed by atoms with Crippen LogP contribution in [0.2, 0.25) is 0 Å². The highest BCUT2D eigenvalue weighted by Gasteiger charge is 2.25. The number of Topliss-reactive ketones (excluding diaryl/α,β-unsaturated/α-hetero) is 1. The standard InChI is InChI=1S/C18H15NO5/c1-10-5-11(2)17-16(6-10)24-9-13(18(17)21)7-12-3-4-15(20)14(8-12)19(22)23/h3-8,20H,9H2,1-2H3/b13-7+. The van der Waals surface area contributed by atoms with Gasteiger partial charge in [-0.3, -0.25) is 14.9 Å². The number of aromatic hydroxyl groups is 1. The molecule has 1 heterocycles. The first-order chi connectivity index (χ1) is 11.4. The van der Waals surface area contributed by atoms with Crippen LogP contribution < -0.4 is 4.74 Å². The minimum atomic E-state index is -0.668. The Bertz CT molecular complexity index is 899. The van der Waals surface area contributed by atoms with Crippen LogP contribution in [0.1, 0.15) is 27.0 Å². The molecule has 0 saturated carbocycles. The highest BCUT2D eigenvalue weighted by atomic mass is 16.6. The predicted molar refractivity (Wildman–Crippen MR) is 88.5 cm³/mol. The van der Waals surface area contributed by atoms with Gasteiger partial charge >= 0.3 is 5.69 Å². The zero-order valence-corrected chi connectivity index (χ0v) is 13.2. The van der Waals surface area contributed by atoms with Crippen molar-refractivity contribution in [2.75, 3.05) is 6.61 Å². The number of ether oxygens (including phenoxy) is 1. The summed E-state index contributed by atoms with van der Waals surface area (Å²) in [6.45, 7) is 3.88. The molecule has 2 aromatic carbocycles. The Labute approximate surface area is 138 Å². The van der Waals surface area contributed by atoms with Crippen LogP contribution in [0.15, 0.2) is 35.9 Å². The molecule has 0 atom stereocenters. The Kier molecular flexibility index (Phi) is 3.81. The maximum atomic E-state index is 12.7. The van der Waals surface area contributed by atoms with Gasteiger partial charge in [0.25, 0.3) is 0 Å². The Hall–Kier alpha value is -3.15. The number of rotatable bonds is 2. The number of phenolic OH excluding ortho intramolecular Hbond substituents is 1. The molecule has 6 nitrogen and oxygen atoms in total. The minimum Gasteiger partial charge on any atom is -0.502 e. The van der Waals surface area contributed by atoms with Gasteiger partial charge in [0.15, 0.2) is 11.5 Å². The zero-order valence-electron chi connectivity index (χ0n) is 13.2. The predicted octanol–water partition coefficient (Wildman–Crippen LogP) is 3.58. The fraction of sp³-hybridized carbons (Fsp3) is 0.167. The molecular weight excluding hydrogens is 310 g/mol. The van der Waals surface area contributed by atoms with E-state index in [9.17, 15) is 20.0 Å². The lowest BCUT2D eigenvalue weighted by Crippen LogP contribution is -2.20. The lowest BCUT2D eigenvalue weighted by Gasteiger charge is -2.21. The number of benzene rings is 2. The smallest absolute Gasteiger partial charge is 0.311 e. The molecule has 0 aliphatic carbocycles. The Morgan fingerprint density at radius 3 is 2.71 bits per heavy atom. The molecule has 3 rings (SSSR count). The molecule has 6 heteroatoms. The minimum absolute atomic E-state index is 0.101. The fourth-order valence-electron chi connectivity index (χ4n) is 2.80. The molecule has 0 unspecified atom stereocenters. The van der Waals surface area contributed by atoms with Crippen molar-refractivity contribution >= 4 is 17.5 Å². The van der Waals surface area contributed by atoms with Gasteiger partial charge in [0.1, 0.15) is 12.4 Å². The monoisotopic (exact) mass is 325 g/mol. The number of hydrogen-bond donors (Lipinski definition) is 1. The number of carbonyl (C=O) groups excluding carboxylic acids is 1. The highest BCUT2D eigenvalue weighted by molar-refractivity contribution is 6.15. The van der Waals surface area contributed by atoms with E-state index < -0.39 is 16.4 Å². The molecule has 0 amide bonds. The topological polar surface area (TPSA) is 89.7 Å². The van der Waals surface area contributed by atoms with Crippen molar-refractivity contribution in [3.63, 3.8) is 0 Å². The van der Waals surface area contributed by atoms with E-state index in [2.05, 4.69) is 0 Å². The van der Waals surface area contributed by atoms with Crippen LogP contribution in [0.3, 0.4) is 0 Å². The van der Waals surface area contributed by atoms with Crippen LogP contribution in [0, 0.1) is 24.0 Å². The number of phenols is 1. The van der Waals surface area contributed by atoms with Gasteiger partial charge < -0.3 is 9.84 Å². The molecule has 24 heavy (non-hydrogen) atoms. The summed E-state index contributed by atoms with van der Waals surface area (Å²) < 4.78 is 5.67. The number of nitro groups is 1. The van der Waals surface area contributed by atoms with Gasteiger partial charge in [0.05, 0.1) is 10.5 Å². The van der Waals surface area contributed by atoms with Crippen LogP contribution in [0.4, 0.5) is 5.69 Å². The lowest BCUT2D eigenvalue weighted by molar-refractivity contribution is -0.385. The summed E-state index contributed by atoms with van der Waals surface area (Å²) in [4.78, 5) is 22.9. The molecule has 2 aromatic rings. The lowest BCUT2D eigenvalue weighted by atomic mass is 9.93. The van der Waals surface area contributed by atoms with Crippen molar-refractivity contribution in [1.82, 2.24) is 0 Å². The van der Waals surface area contributed by atoms with Crippen molar-refractivity contribution in [1.29, 1.82) is 0 Å². The first-order valence-electron chi connectivity index (χ1n) is 7.33. The van der Waals surface area contributed by atoms with E-state index in [1.165, 1.54) is 18.2 Å². The van der Waals surface area contributed by atoms with Crippen LogP contribution in [-0.4, -0.2) is 22.4 Å². The number of nitro benzene ring substituents is 1. The van der Waals surface area contributed by atoms with Gasteiger partial charge in [-0.1, -0.05) is 12.1 Å². The molecule has 0 bridgehead atoms. The first kappa shape index (κ1) is 15.7. The normalized spacial score (nSPS) is 15.1. The number of ketones is 1. The maximum Gasteiger partial charge on any atom is 0.311 e. The maximum absolute atomic E-state index is 12.7. The van der Waals surface area contributed by atoms with Gasteiger partial charge in [0, 0.05) is 11.6 Å². The van der Waals surface area contributed by atoms with E-state index in [4.69, 9.17) is 4.74 Å². The van der Waals surface area contributed by atoms with E-state index in [-0.39, 0.29) is 12.4 Å². The second kappa shape index (κ2) is 5.81. The molecule has 1 aliphatic heterocycles. The summed E-state index contributed by atoms with van der Waals surface area (Å²) in [5, 5.41) is 20.4. The van der Waals surface area contributed by atoms with Gasteiger partial charge in [-0.15, -0.1) is 0 Å². The third-order valence-corrected chi connectivity index (χ3v) is 3.88. The SMILES string of the molecule is Cc1cc(C)c2c(c1)OC/C(=C\c1ccc(O)c([N+](=O)[O-])c1)C2=O. The van der Waals surface area contributed by atoms with Crippen molar-refractivity contribution in [3.05, 3.63) is 68.3 Å². The summed E-state index contributed by atoms with van der Waals surface area (Å²) in [6.07, 6.45) is 1.55. The molecular formula is C18H15NO5. The van der Waals surface area contributed by atoms with E-state index in [1.807, 2.05) is 26.0 Å². The first-order valence-corrected chi connectivity index (χ1v) is 7.33. The second-order valence-electron chi connectivity index (χ2n) is 5.75. The van der Waals surface area contributed by atoms with Crippen molar-refractivity contribution in [2.24, 2.45) is 0 Å². The van der Waals surface area contributed by atoms with Crippen LogP contribution in [0.5, 0.6) is 11.5 Å². The molecule has 1 N–H and O–H groups in total. The van der Waals surface area contributed by atoms with E-state index in [0.717, 1.165) is 11.1 Å². The number of nitrogens with zero attached hydrogens (tertiary/aromatic N) is 1. The van der Waals surface area contributed by atoms with Gasteiger partial charge in [-0.25, -0.2) is 0 Å². The molecule has 0 aromatic heterocycles. The molecule has 122 valence electrons. The summed E-state index contributed by atoms with van der Waals surface area (Å²) >= 11 is 0. The largest absolute Gasteiger partial charge is 0.502 e. The van der Waals surface area contributed by atoms with Crippen molar-refractivity contribution < 1.29 is 19.6 Å². The molecule has 0 spiro atoms. The fourth-order valence-corrected chi connectivity index (χ4v) is 2.80. The number of hydrogen-bond acceptors (Lipinski definition) is 5. The molecule has 0 saturated heterocycles. The van der Waals surface area contributed by atoms with E-state index in [0.29, 0.717) is 22.4 Å². The zero-order chi connectivity index (χ0) is 17.4. The summed E-state index contributed by atoms with van der Waals surface area (Å²) in [7, 11) is 0. The molecule has 0 fully saturated rings. The van der Waals surface area contributed by atoms with Crippen molar-refractivity contribution in [2.45, 2.75) is 13.8 Å². The van der Waals surface area contributed by atoms with E-state index in [1.54, 1.807) is 6.08 Å². The Balaban J connectivity index is 2.02. The third kappa shape index (κ3) is 2.74. The Morgan fingerprint density at radius 2 is 2.00 bits per heavy atom. The van der Waals surface area contributed by atoms with Crippen LogP contribution >= 0.6 is 0 Å². The average Bonchev–Trinajstić information content (AvgIpc) is 2.51. The van der Waals surface area contributed by atoms with Gasteiger partial charge in [-0.05, 0) is 48.7 Å².